The lowest BCUT2D eigenvalue weighted by Crippen LogP contribution is -2.22. The van der Waals surface area contributed by atoms with Gasteiger partial charge in [0.05, 0.1) is 5.25 Å². The zero-order valence-electron chi connectivity index (χ0n) is 9.91. The number of rotatable bonds is 4. The van der Waals surface area contributed by atoms with Gasteiger partial charge in [0.25, 0.3) is 0 Å². The molecule has 0 spiro atoms. The first-order valence-corrected chi connectivity index (χ1v) is 6.43. The topological polar surface area (TPSA) is 54.9 Å². The van der Waals surface area contributed by atoms with Crippen LogP contribution in [0.5, 0.6) is 0 Å². The van der Waals surface area contributed by atoms with E-state index in [0.717, 1.165) is 5.69 Å². The Morgan fingerprint density at radius 2 is 1.83 bits per heavy atom. The third-order valence-corrected chi connectivity index (χ3v) is 3.22. The summed E-state index contributed by atoms with van der Waals surface area (Å²) in [7, 11) is 0. The Balaban J connectivity index is 1.93. The van der Waals surface area contributed by atoms with Gasteiger partial charge in [-0.15, -0.1) is 0 Å². The number of amides is 1. The maximum atomic E-state index is 11.9. The van der Waals surface area contributed by atoms with Gasteiger partial charge in [-0.1, -0.05) is 30.0 Å². The lowest BCUT2D eigenvalue weighted by atomic mass is 10.3. The molecule has 1 heterocycles. The summed E-state index contributed by atoms with van der Waals surface area (Å²) in [5, 5.41) is 3.21. The van der Waals surface area contributed by atoms with E-state index in [4.69, 9.17) is 0 Å². The number of thioether (sulfide) groups is 1. The van der Waals surface area contributed by atoms with E-state index in [1.807, 2.05) is 37.3 Å². The van der Waals surface area contributed by atoms with Crippen LogP contribution in [0, 0.1) is 0 Å². The Morgan fingerprint density at radius 1 is 1.17 bits per heavy atom. The van der Waals surface area contributed by atoms with Crippen LogP contribution in [-0.4, -0.2) is 21.1 Å². The first-order chi connectivity index (χ1) is 8.75. The number of para-hydroxylation sites is 1. The monoisotopic (exact) mass is 259 g/mol. The van der Waals surface area contributed by atoms with Crippen molar-refractivity contribution in [1.29, 1.82) is 0 Å². The number of aromatic nitrogens is 2. The highest BCUT2D eigenvalue weighted by atomic mass is 32.2. The van der Waals surface area contributed by atoms with Gasteiger partial charge >= 0.3 is 0 Å². The highest BCUT2D eigenvalue weighted by molar-refractivity contribution is 8.00. The van der Waals surface area contributed by atoms with Crippen molar-refractivity contribution in [3.8, 4) is 0 Å². The number of anilines is 1. The molecule has 1 atom stereocenters. The van der Waals surface area contributed by atoms with E-state index in [2.05, 4.69) is 15.3 Å². The van der Waals surface area contributed by atoms with Gasteiger partial charge < -0.3 is 5.32 Å². The largest absolute Gasteiger partial charge is 0.325 e. The predicted octanol–water partition coefficient (Wildman–Crippen LogP) is 2.60. The molecule has 0 aliphatic rings. The summed E-state index contributed by atoms with van der Waals surface area (Å²) in [6, 6.07) is 11.1. The Kier molecular flexibility index (Phi) is 4.30. The van der Waals surface area contributed by atoms with Gasteiger partial charge in [-0.3, -0.25) is 4.79 Å². The van der Waals surface area contributed by atoms with Crippen molar-refractivity contribution >= 4 is 23.4 Å². The number of benzene rings is 1. The van der Waals surface area contributed by atoms with Crippen molar-refractivity contribution in [2.75, 3.05) is 5.32 Å². The average molecular weight is 259 g/mol. The molecule has 1 N–H and O–H groups in total. The summed E-state index contributed by atoms with van der Waals surface area (Å²) >= 11 is 1.34. The highest BCUT2D eigenvalue weighted by Gasteiger charge is 2.15. The maximum absolute atomic E-state index is 11.9. The summed E-state index contributed by atoms with van der Waals surface area (Å²) in [4.78, 5) is 20.1. The molecular weight excluding hydrogens is 246 g/mol. The van der Waals surface area contributed by atoms with Crippen molar-refractivity contribution < 1.29 is 4.79 Å². The number of nitrogens with zero attached hydrogens (tertiary/aromatic N) is 2. The van der Waals surface area contributed by atoms with Crippen LogP contribution in [0.4, 0.5) is 5.69 Å². The SMILES string of the molecule is CC(Sc1ncccn1)C(=O)Nc1ccccc1. The fraction of sp³-hybridized carbons (Fsp3) is 0.154. The fourth-order valence-electron chi connectivity index (χ4n) is 1.32. The Labute approximate surface area is 110 Å². The lowest BCUT2D eigenvalue weighted by Gasteiger charge is -2.10. The van der Waals surface area contributed by atoms with E-state index < -0.39 is 0 Å². The van der Waals surface area contributed by atoms with Crippen LogP contribution in [0.3, 0.4) is 0 Å². The molecule has 0 radical (unpaired) electrons. The zero-order chi connectivity index (χ0) is 12.8. The molecule has 92 valence electrons. The minimum Gasteiger partial charge on any atom is -0.325 e. The summed E-state index contributed by atoms with van der Waals surface area (Å²) < 4.78 is 0. The van der Waals surface area contributed by atoms with E-state index in [9.17, 15) is 4.79 Å². The number of hydrogen-bond acceptors (Lipinski definition) is 4. The molecule has 2 rings (SSSR count). The molecule has 2 aromatic rings. The molecule has 0 aliphatic carbocycles. The molecule has 0 bridgehead atoms. The summed E-state index contributed by atoms with van der Waals surface area (Å²) in [5.74, 6) is -0.0568. The minimum absolute atomic E-state index is 0.0568. The molecule has 0 saturated heterocycles. The van der Waals surface area contributed by atoms with Gasteiger partial charge in [-0.25, -0.2) is 9.97 Å². The van der Waals surface area contributed by atoms with Crippen LogP contribution in [-0.2, 0) is 4.79 Å². The number of hydrogen-bond donors (Lipinski definition) is 1. The van der Waals surface area contributed by atoms with E-state index in [-0.39, 0.29) is 11.2 Å². The van der Waals surface area contributed by atoms with Crippen LogP contribution in [0.2, 0.25) is 0 Å². The van der Waals surface area contributed by atoms with Crippen molar-refractivity contribution in [2.24, 2.45) is 0 Å². The number of carbonyl (C=O) groups is 1. The quantitative estimate of drug-likeness (QED) is 0.677. The average Bonchev–Trinajstić information content (AvgIpc) is 2.41. The van der Waals surface area contributed by atoms with Crippen molar-refractivity contribution in [3.05, 3.63) is 48.8 Å². The normalized spacial score (nSPS) is 11.8. The van der Waals surface area contributed by atoms with Crippen LogP contribution in [0.1, 0.15) is 6.92 Å². The zero-order valence-corrected chi connectivity index (χ0v) is 10.7. The Hall–Kier alpha value is -1.88. The molecule has 1 aromatic heterocycles. The third-order valence-electron chi connectivity index (χ3n) is 2.23. The minimum atomic E-state index is -0.243. The first kappa shape index (κ1) is 12.6. The molecule has 5 heteroatoms. The van der Waals surface area contributed by atoms with Crippen LogP contribution >= 0.6 is 11.8 Å². The molecule has 0 aliphatic heterocycles. The summed E-state index contributed by atoms with van der Waals surface area (Å²) in [5.41, 5.74) is 0.795. The van der Waals surface area contributed by atoms with Crippen LogP contribution in [0.25, 0.3) is 0 Å². The maximum Gasteiger partial charge on any atom is 0.237 e. The number of carbonyl (C=O) groups excluding carboxylic acids is 1. The van der Waals surface area contributed by atoms with Gasteiger partial charge in [-0.05, 0) is 25.1 Å². The molecule has 0 fully saturated rings. The Morgan fingerprint density at radius 3 is 2.50 bits per heavy atom. The van der Waals surface area contributed by atoms with E-state index in [1.54, 1.807) is 18.5 Å². The molecule has 0 saturated carbocycles. The van der Waals surface area contributed by atoms with Crippen molar-refractivity contribution in [3.63, 3.8) is 0 Å². The van der Waals surface area contributed by atoms with Gasteiger partial charge in [0, 0.05) is 18.1 Å². The molecular formula is C13H13N3OS. The van der Waals surface area contributed by atoms with E-state index in [0.29, 0.717) is 5.16 Å². The smallest absolute Gasteiger partial charge is 0.237 e. The second kappa shape index (κ2) is 6.16. The van der Waals surface area contributed by atoms with Crippen molar-refractivity contribution in [2.45, 2.75) is 17.3 Å². The molecule has 1 amide bonds. The van der Waals surface area contributed by atoms with E-state index in [1.165, 1.54) is 11.8 Å². The Bertz CT molecular complexity index is 504. The van der Waals surface area contributed by atoms with Crippen LogP contribution < -0.4 is 5.32 Å². The molecule has 18 heavy (non-hydrogen) atoms. The lowest BCUT2D eigenvalue weighted by molar-refractivity contribution is -0.115. The van der Waals surface area contributed by atoms with Gasteiger partial charge in [0.1, 0.15) is 0 Å². The molecule has 1 unspecified atom stereocenters. The summed E-state index contributed by atoms with van der Waals surface area (Å²) in [6.07, 6.45) is 3.33. The van der Waals surface area contributed by atoms with Gasteiger partial charge in [0.15, 0.2) is 5.16 Å². The van der Waals surface area contributed by atoms with E-state index >= 15 is 0 Å². The van der Waals surface area contributed by atoms with Crippen molar-refractivity contribution in [1.82, 2.24) is 9.97 Å². The number of nitrogens with one attached hydrogen (secondary N) is 1. The summed E-state index contributed by atoms with van der Waals surface area (Å²) in [6.45, 7) is 1.83. The predicted molar refractivity (Wildman–Crippen MR) is 72.4 cm³/mol. The van der Waals surface area contributed by atoms with Gasteiger partial charge in [0.2, 0.25) is 5.91 Å². The third kappa shape index (κ3) is 3.56. The fourth-order valence-corrected chi connectivity index (χ4v) is 2.05. The second-order valence-corrected chi connectivity index (χ2v) is 4.95. The standard InChI is InChI=1S/C13H13N3OS/c1-10(18-13-14-8-5-9-15-13)12(17)16-11-6-3-2-4-7-11/h2-10H,1H3,(H,16,17). The molecule has 1 aromatic carbocycles. The highest BCUT2D eigenvalue weighted by Crippen LogP contribution is 2.19. The van der Waals surface area contributed by atoms with Gasteiger partial charge in [-0.2, -0.15) is 0 Å². The second-order valence-electron chi connectivity index (χ2n) is 3.65. The molecule has 4 nitrogen and oxygen atoms in total. The van der Waals surface area contributed by atoms with Crippen LogP contribution in [0.15, 0.2) is 53.9 Å². The first-order valence-electron chi connectivity index (χ1n) is 5.55.